The van der Waals surface area contributed by atoms with Crippen molar-refractivity contribution in [1.29, 1.82) is 0 Å². The summed E-state index contributed by atoms with van der Waals surface area (Å²) in [5.41, 5.74) is 4.19. The first-order valence-corrected chi connectivity index (χ1v) is 11.1. The third kappa shape index (κ3) is 2.35. The zero-order valence-corrected chi connectivity index (χ0v) is 17.1. The highest BCUT2D eigenvalue weighted by atomic mass is 79.9. The summed E-state index contributed by atoms with van der Waals surface area (Å²) in [6.45, 7) is 0. The van der Waals surface area contributed by atoms with Crippen molar-refractivity contribution < 1.29 is 0 Å². The number of anilines is 2. The standard InChI is InChI=1S/C24H18BrNS/c25-15-9-11-19-20-12-10-16(14-24(20)27-23(19)13-15)26-21-7-3-1-5-17(21)18-6-2-4-8-22(18)26/h1,3-5,7-14,18,22H,2,6H2. The van der Waals surface area contributed by atoms with Crippen LogP contribution in [0.1, 0.15) is 24.3 Å². The largest absolute Gasteiger partial charge is 0.334 e. The SMILES string of the molecule is Brc1ccc2c(c1)sc1cc(N3c4ccccc4C4CCC=CC43)ccc12. The lowest BCUT2D eigenvalue weighted by Gasteiger charge is -2.30. The first kappa shape index (κ1) is 15.9. The molecular weight excluding hydrogens is 414 g/mol. The Morgan fingerprint density at radius 3 is 2.67 bits per heavy atom. The Balaban J connectivity index is 1.55. The summed E-state index contributed by atoms with van der Waals surface area (Å²) < 4.78 is 3.85. The summed E-state index contributed by atoms with van der Waals surface area (Å²) >= 11 is 5.49. The Bertz CT molecular complexity index is 1220. The van der Waals surface area contributed by atoms with Crippen LogP contribution in [0, 0.1) is 0 Å². The molecule has 4 aromatic rings. The number of para-hydroxylation sites is 1. The van der Waals surface area contributed by atoms with E-state index in [9.17, 15) is 0 Å². The lowest BCUT2D eigenvalue weighted by Crippen LogP contribution is -2.29. The van der Waals surface area contributed by atoms with Crippen LogP contribution in [0.5, 0.6) is 0 Å². The van der Waals surface area contributed by atoms with E-state index < -0.39 is 0 Å². The third-order valence-corrected chi connectivity index (χ3v) is 7.59. The quantitative estimate of drug-likeness (QED) is 0.278. The van der Waals surface area contributed by atoms with E-state index in [1.807, 2.05) is 11.3 Å². The molecule has 0 saturated heterocycles. The molecule has 27 heavy (non-hydrogen) atoms. The van der Waals surface area contributed by atoms with Gasteiger partial charge in [-0.05, 0) is 48.7 Å². The molecule has 2 aliphatic rings. The maximum atomic E-state index is 3.60. The zero-order valence-electron chi connectivity index (χ0n) is 14.7. The van der Waals surface area contributed by atoms with E-state index >= 15 is 0 Å². The molecule has 3 aromatic carbocycles. The van der Waals surface area contributed by atoms with Crippen LogP contribution in [0.2, 0.25) is 0 Å². The number of rotatable bonds is 1. The lowest BCUT2D eigenvalue weighted by atomic mass is 9.86. The monoisotopic (exact) mass is 431 g/mol. The molecule has 1 aliphatic carbocycles. The number of hydrogen-bond acceptors (Lipinski definition) is 2. The summed E-state index contributed by atoms with van der Waals surface area (Å²) in [6.07, 6.45) is 7.21. The number of fused-ring (bicyclic) bond motifs is 6. The number of thiophene rings is 1. The first-order chi connectivity index (χ1) is 13.3. The molecule has 2 unspecified atom stereocenters. The zero-order chi connectivity index (χ0) is 18.0. The van der Waals surface area contributed by atoms with Crippen LogP contribution in [0.3, 0.4) is 0 Å². The van der Waals surface area contributed by atoms with Gasteiger partial charge >= 0.3 is 0 Å². The van der Waals surface area contributed by atoms with Gasteiger partial charge < -0.3 is 4.90 Å². The van der Waals surface area contributed by atoms with E-state index in [1.54, 1.807) is 0 Å². The van der Waals surface area contributed by atoms with Gasteiger partial charge in [0.25, 0.3) is 0 Å². The van der Waals surface area contributed by atoms with Crippen molar-refractivity contribution in [3.05, 3.63) is 82.9 Å². The molecule has 132 valence electrons. The molecule has 1 aliphatic heterocycles. The predicted octanol–water partition coefficient (Wildman–Crippen LogP) is 7.77. The smallest absolute Gasteiger partial charge is 0.0591 e. The van der Waals surface area contributed by atoms with Crippen LogP contribution in [0.4, 0.5) is 11.4 Å². The van der Waals surface area contributed by atoms with Crippen molar-refractivity contribution in [2.75, 3.05) is 4.90 Å². The molecular formula is C24H18BrNS. The van der Waals surface area contributed by atoms with E-state index in [-0.39, 0.29) is 0 Å². The predicted molar refractivity (Wildman–Crippen MR) is 121 cm³/mol. The molecule has 0 fully saturated rings. The van der Waals surface area contributed by atoms with Gasteiger partial charge in [0.05, 0.1) is 6.04 Å². The van der Waals surface area contributed by atoms with Crippen LogP contribution < -0.4 is 4.90 Å². The van der Waals surface area contributed by atoms with Crippen molar-refractivity contribution in [2.45, 2.75) is 24.8 Å². The maximum absolute atomic E-state index is 3.60. The van der Waals surface area contributed by atoms with E-state index in [0.717, 1.165) is 4.47 Å². The summed E-state index contributed by atoms with van der Waals surface area (Å²) in [6, 6.07) is 23.0. The fourth-order valence-corrected chi connectivity index (χ4v) is 6.49. The van der Waals surface area contributed by atoms with E-state index in [4.69, 9.17) is 0 Å². The van der Waals surface area contributed by atoms with Crippen LogP contribution in [-0.4, -0.2) is 6.04 Å². The molecule has 0 bridgehead atoms. The van der Waals surface area contributed by atoms with Crippen molar-refractivity contribution in [2.24, 2.45) is 0 Å². The van der Waals surface area contributed by atoms with Gasteiger partial charge in [0.2, 0.25) is 0 Å². The molecule has 2 heterocycles. The van der Waals surface area contributed by atoms with Crippen LogP contribution in [0.15, 0.2) is 77.3 Å². The number of nitrogens with zero attached hydrogens (tertiary/aromatic N) is 1. The van der Waals surface area contributed by atoms with E-state index in [2.05, 4.69) is 93.6 Å². The highest BCUT2D eigenvalue weighted by Crippen LogP contribution is 2.50. The van der Waals surface area contributed by atoms with Gasteiger partial charge in [-0.3, -0.25) is 0 Å². The molecule has 2 atom stereocenters. The highest BCUT2D eigenvalue weighted by molar-refractivity contribution is 9.10. The summed E-state index contributed by atoms with van der Waals surface area (Å²) in [5, 5.41) is 2.71. The average molecular weight is 432 g/mol. The average Bonchev–Trinajstić information content (AvgIpc) is 3.22. The van der Waals surface area contributed by atoms with Crippen molar-refractivity contribution >= 4 is 58.8 Å². The molecule has 0 amide bonds. The van der Waals surface area contributed by atoms with Gasteiger partial charge in [-0.25, -0.2) is 0 Å². The van der Waals surface area contributed by atoms with E-state index in [1.165, 1.54) is 50.0 Å². The van der Waals surface area contributed by atoms with Gasteiger partial charge in [0, 0.05) is 41.9 Å². The summed E-state index contributed by atoms with van der Waals surface area (Å²) in [5.74, 6) is 0.611. The summed E-state index contributed by atoms with van der Waals surface area (Å²) in [7, 11) is 0. The molecule has 0 spiro atoms. The number of halogens is 1. The summed E-state index contributed by atoms with van der Waals surface area (Å²) in [4.78, 5) is 2.55. The highest BCUT2D eigenvalue weighted by Gasteiger charge is 2.38. The van der Waals surface area contributed by atoms with Crippen LogP contribution in [-0.2, 0) is 0 Å². The minimum atomic E-state index is 0.442. The molecule has 1 aromatic heterocycles. The Hall–Kier alpha value is -2.10. The van der Waals surface area contributed by atoms with Gasteiger partial charge in [-0.1, -0.05) is 58.4 Å². The molecule has 0 saturated carbocycles. The van der Waals surface area contributed by atoms with Crippen LogP contribution >= 0.6 is 27.3 Å². The minimum Gasteiger partial charge on any atom is -0.334 e. The Labute approximate surface area is 171 Å². The van der Waals surface area contributed by atoms with Crippen LogP contribution in [0.25, 0.3) is 20.2 Å². The van der Waals surface area contributed by atoms with Crippen molar-refractivity contribution in [3.8, 4) is 0 Å². The molecule has 1 nitrogen and oxygen atoms in total. The molecule has 0 radical (unpaired) electrons. The fourth-order valence-electron chi connectivity index (χ4n) is 4.80. The Morgan fingerprint density at radius 1 is 0.926 bits per heavy atom. The maximum Gasteiger partial charge on any atom is 0.0591 e. The molecule has 0 N–H and O–H groups in total. The van der Waals surface area contributed by atoms with Gasteiger partial charge in [-0.2, -0.15) is 0 Å². The first-order valence-electron chi connectivity index (χ1n) is 9.46. The number of allylic oxidation sites excluding steroid dienone is 1. The van der Waals surface area contributed by atoms with Gasteiger partial charge in [0.1, 0.15) is 0 Å². The van der Waals surface area contributed by atoms with Crippen molar-refractivity contribution in [1.82, 2.24) is 0 Å². The normalized spacial score (nSPS) is 21.0. The van der Waals surface area contributed by atoms with Gasteiger partial charge in [0.15, 0.2) is 0 Å². The third-order valence-electron chi connectivity index (χ3n) is 5.98. The second-order valence-electron chi connectivity index (χ2n) is 7.45. The lowest BCUT2D eigenvalue weighted by molar-refractivity contribution is 0.573. The molecule has 6 rings (SSSR count). The molecule has 3 heteroatoms. The van der Waals surface area contributed by atoms with Gasteiger partial charge in [-0.15, -0.1) is 11.3 Å². The fraction of sp³-hybridized carbons (Fsp3) is 0.167. The second-order valence-corrected chi connectivity index (χ2v) is 9.45. The number of hydrogen-bond donors (Lipinski definition) is 0. The van der Waals surface area contributed by atoms with Crippen molar-refractivity contribution in [3.63, 3.8) is 0 Å². The Morgan fingerprint density at radius 2 is 1.74 bits per heavy atom. The minimum absolute atomic E-state index is 0.442. The topological polar surface area (TPSA) is 3.24 Å². The Kier molecular flexibility index (Phi) is 3.51. The number of benzene rings is 3. The van der Waals surface area contributed by atoms with E-state index in [0.29, 0.717) is 12.0 Å². The second kappa shape index (κ2) is 5.95.